The number of nitro benzene ring substituents is 1. The van der Waals surface area contributed by atoms with Crippen molar-refractivity contribution in [2.75, 3.05) is 0 Å². The molecule has 0 aliphatic rings. The van der Waals surface area contributed by atoms with Crippen molar-refractivity contribution in [2.45, 2.75) is 0 Å². The fraction of sp³-hybridized carbons (Fsp3) is 0. The number of fused-ring (bicyclic) bond motifs is 3. The molecule has 0 radical (unpaired) electrons. The first kappa shape index (κ1) is 15.3. The highest BCUT2D eigenvalue weighted by molar-refractivity contribution is 7.19. The topological polar surface area (TPSA) is 79.1 Å². The van der Waals surface area contributed by atoms with Crippen molar-refractivity contribution in [2.24, 2.45) is 0 Å². The van der Waals surface area contributed by atoms with Gasteiger partial charge in [0.1, 0.15) is 5.01 Å². The van der Waals surface area contributed by atoms with E-state index in [1.807, 2.05) is 36.4 Å². The Hall–Kier alpha value is -3.25. The molecule has 6 heteroatoms. The Morgan fingerprint density at radius 2 is 1.88 bits per heavy atom. The summed E-state index contributed by atoms with van der Waals surface area (Å²) in [5.74, 6) is -0.589. The van der Waals surface area contributed by atoms with Gasteiger partial charge in [0.15, 0.2) is 0 Å². The first-order chi connectivity index (χ1) is 12.1. The zero-order valence-corrected chi connectivity index (χ0v) is 13.7. The molecule has 0 atom stereocenters. The van der Waals surface area contributed by atoms with Crippen molar-refractivity contribution in [3.63, 3.8) is 0 Å². The minimum atomic E-state index is -0.663. The molecule has 0 bridgehead atoms. The zero-order valence-electron chi connectivity index (χ0n) is 12.9. The van der Waals surface area contributed by atoms with Crippen LogP contribution in [0.3, 0.4) is 0 Å². The van der Waals surface area contributed by atoms with Gasteiger partial charge < -0.3 is 5.11 Å². The monoisotopic (exact) mass is 347 g/mol. The summed E-state index contributed by atoms with van der Waals surface area (Å²) in [6, 6.07) is 16.2. The SMILES string of the molecule is O=[N+]([O-])c1cc(/C=C/c2nc3c(ccc4ccccc43)s2)ccc1[O-]. The summed E-state index contributed by atoms with van der Waals surface area (Å²) in [5.41, 5.74) is 1.12. The van der Waals surface area contributed by atoms with Crippen LogP contribution in [0.2, 0.25) is 0 Å². The largest absolute Gasteiger partial charge is 0.868 e. The van der Waals surface area contributed by atoms with E-state index < -0.39 is 16.4 Å². The van der Waals surface area contributed by atoms with Gasteiger partial charge in [-0.05, 0) is 28.8 Å². The Morgan fingerprint density at radius 1 is 1.04 bits per heavy atom. The number of thiazole rings is 1. The fourth-order valence-electron chi connectivity index (χ4n) is 2.70. The van der Waals surface area contributed by atoms with Crippen molar-refractivity contribution >= 4 is 50.2 Å². The third kappa shape index (κ3) is 2.83. The molecule has 0 aliphatic carbocycles. The van der Waals surface area contributed by atoms with Gasteiger partial charge in [-0.2, -0.15) is 0 Å². The van der Waals surface area contributed by atoms with Crippen LogP contribution in [0.15, 0.2) is 54.6 Å². The summed E-state index contributed by atoms with van der Waals surface area (Å²) in [4.78, 5) is 14.9. The van der Waals surface area contributed by atoms with Gasteiger partial charge in [0.25, 0.3) is 5.69 Å². The van der Waals surface area contributed by atoms with Crippen molar-refractivity contribution in [3.05, 3.63) is 75.3 Å². The van der Waals surface area contributed by atoms with Crippen LogP contribution in [0, 0.1) is 10.1 Å². The highest BCUT2D eigenvalue weighted by Gasteiger charge is 2.08. The van der Waals surface area contributed by atoms with Gasteiger partial charge in [0.2, 0.25) is 0 Å². The van der Waals surface area contributed by atoms with Crippen LogP contribution in [0.5, 0.6) is 5.75 Å². The maximum Gasteiger partial charge on any atom is 0.262 e. The first-order valence-electron chi connectivity index (χ1n) is 7.54. The maximum absolute atomic E-state index is 11.5. The Bertz CT molecular complexity index is 1150. The summed E-state index contributed by atoms with van der Waals surface area (Å²) in [6.07, 6.45) is 3.54. The average Bonchev–Trinajstić information content (AvgIpc) is 3.04. The number of nitrogens with zero attached hydrogens (tertiary/aromatic N) is 2. The predicted octanol–water partition coefficient (Wildman–Crippen LogP) is 4.60. The van der Waals surface area contributed by atoms with E-state index in [9.17, 15) is 15.2 Å². The van der Waals surface area contributed by atoms with Gasteiger partial charge in [-0.3, -0.25) is 10.1 Å². The fourth-order valence-corrected chi connectivity index (χ4v) is 3.58. The van der Waals surface area contributed by atoms with Gasteiger partial charge >= 0.3 is 0 Å². The molecular formula is C19H11N2O3S-. The van der Waals surface area contributed by atoms with Crippen LogP contribution >= 0.6 is 11.3 Å². The van der Waals surface area contributed by atoms with Crippen molar-refractivity contribution in [3.8, 4) is 5.75 Å². The molecule has 0 aliphatic heterocycles. The Balaban J connectivity index is 1.73. The van der Waals surface area contributed by atoms with Crippen molar-refractivity contribution in [1.29, 1.82) is 0 Å². The summed E-state index contributed by atoms with van der Waals surface area (Å²) in [6.45, 7) is 0. The van der Waals surface area contributed by atoms with Crippen LogP contribution in [0.1, 0.15) is 10.6 Å². The third-order valence-corrected chi connectivity index (χ3v) is 4.88. The molecule has 3 aromatic carbocycles. The standard InChI is InChI=1S/C19H12N2O3S/c22-16-8-5-12(11-15(16)21(23)24)6-10-18-20-19-14-4-2-1-3-13(14)7-9-17(19)25-18/h1-11,22H/p-1/b10-6+. The number of nitro groups is 1. The highest BCUT2D eigenvalue weighted by Crippen LogP contribution is 2.30. The van der Waals surface area contributed by atoms with Crippen LogP contribution in [0.4, 0.5) is 5.69 Å². The van der Waals surface area contributed by atoms with Gasteiger partial charge in [0.05, 0.1) is 15.1 Å². The van der Waals surface area contributed by atoms with E-state index in [1.54, 1.807) is 23.5 Å². The highest BCUT2D eigenvalue weighted by atomic mass is 32.1. The zero-order chi connectivity index (χ0) is 17.4. The Kier molecular flexibility index (Phi) is 3.66. The lowest BCUT2D eigenvalue weighted by Crippen LogP contribution is -1.97. The smallest absolute Gasteiger partial charge is 0.262 e. The summed E-state index contributed by atoms with van der Waals surface area (Å²) >= 11 is 1.55. The number of hydrogen-bond donors (Lipinski definition) is 0. The molecule has 122 valence electrons. The quantitative estimate of drug-likeness (QED) is 0.401. The number of rotatable bonds is 3. The van der Waals surface area contributed by atoms with E-state index >= 15 is 0 Å². The number of hydrogen-bond acceptors (Lipinski definition) is 5. The lowest BCUT2D eigenvalue weighted by Gasteiger charge is -2.05. The Morgan fingerprint density at radius 3 is 2.72 bits per heavy atom. The molecule has 0 N–H and O–H groups in total. The Labute approximate surface area is 146 Å². The second-order valence-electron chi connectivity index (χ2n) is 5.50. The average molecular weight is 347 g/mol. The molecule has 0 spiro atoms. The molecular weight excluding hydrogens is 336 g/mol. The van der Waals surface area contributed by atoms with Crippen molar-refractivity contribution in [1.82, 2.24) is 4.98 Å². The van der Waals surface area contributed by atoms with E-state index in [4.69, 9.17) is 0 Å². The molecule has 25 heavy (non-hydrogen) atoms. The van der Waals surface area contributed by atoms with Crippen LogP contribution in [-0.4, -0.2) is 9.91 Å². The second kappa shape index (κ2) is 5.99. The van der Waals surface area contributed by atoms with Gasteiger partial charge in [-0.15, -0.1) is 11.3 Å². The van der Waals surface area contributed by atoms with E-state index in [2.05, 4.69) is 11.1 Å². The molecule has 0 saturated heterocycles. The van der Waals surface area contributed by atoms with E-state index in [0.717, 1.165) is 26.0 Å². The van der Waals surface area contributed by atoms with Gasteiger partial charge in [0, 0.05) is 11.5 Å². The summed E-state index contributed by atoms with van der Waals surface area (Å²) in [7, 11) is 0. The van der Waals surface area contributed by atoms with Crippen LogP contribution in [0.25, 0.3) is 33.1 Å². The molecule has 0 unspecified atom stereocenters. The predicted molar refractivity (Wildman–Crippen MR) is 98.6 cm³/mol. The minimum Gasteiger partial charge on any atom is -0.868 e. The molecule has 0 saturated carbocycles. The van der Waals surface area contributed by atoms with Crippen molar-refractivity contribution < 1.29 is 10.0 Å². The lowest BCUT2D eigenvalue weighted by atomic mass is 10.1. The number of benzene rings is 3. The van der Waals surface area contributed by atoms with E-state index in [-0.39, 0.29) is 0 Å². The third-order valence-electron chi connectivity index (χ3n) is 3.90. The maximum atomic E-state index is 11.5. The normalized spacial score (nSPS) is 11.5. The van der Waals surface area contributed by atoms with Crippen LogP contribution < -0.4 is 5.11 Å². The molecule has 4 rings (SSSR count). The van der Waals surface area contributed by atoms with Crippen LogP contribution in [-0.2, 0) is 0 Å². The molecule has 1 heterocycles. The van der Waals surface area contributed by atoms with Gasteiger partial charge in [-0.1, -0.05) is 48.5 Å². The number of aromatic nitrogens is 1. The lowest BCUT2D eigenvalue weighted by molar-refractivity contribution is -0.398. The molecule has 1 aromatic heterocycles. The van der Waals surface area contributed by atoms with E-state index in [1.165, 1.54) is 12.1 Å². The summed E-state index contributed by atoms with van der Waals surface area (Å²) in [5, 5.41) is 25.4. The summed E-state index contributed by atoms with van der Waals surface area (Å²) < 4.78 is 1.08. The molecule has 0 fully saturated rings. The van der Waals surface area contributed by atoms with Gasteiger partial charge in [-0.25, -0.2) is 4.98 Å². The second-order valence-corrected chi connectivity index (χ2v) is 6.57. The molecule has 4 aromatic rings. The minimum absolute atomic E-state index is 0.419. The first-order valence-corrected chi connectivity index (χ1v) is 8.35. The molecule has 5 nitrogen and oxygen atoms in total. The molecule has 0 amide bonds. The van der Waals surface area contributed by atoms with E-state index in [0.29, 0.717) is 5.56 Å².